The standard InChI is InChI=1S/C24H25N5O2/c1-17-8-9-19(3)23(12-17)31-16-28-11-10-22(27-28)24(30)26-21-13-25-29(15-21)14-20-7-5-4-6-18(20)2/h4-13,15H,14,16H2,1-3H3,(H,26,30). The summed E-state index contributed by atoms with van der Waals surface area (Å²) in [4.78, 5) is 12.6. The van der Waals surface area contributed by atoms with Crippen LogP contribution in [0.2, 0.25) is 0 Å². The summed E-state index contributed by atoms with van der Waals surface area (Å²) < 4.78 is 9.24. The number of anilines is 1. The van der Waals surface area contributed by atoms with Crippen LogP contribution >= 0.6 is 0 Å². The smallest absolute Gasteiger partial charge is 0.276 e. The molecule has 7 heteroatoms. The van der Waals surface area contributed by atoms with E-state index in [2.05, 4.69) is 34.6 Å². The molecule has 0 atom stereocenters. The van der Waals surface area contributed by atoms with Gasteiger partial charge in [0.05, 0.1) is 18.4 Å². The van der Waals surface area contributed by atoms with E-state index in [1.165, 1.54) is 11.1 Å². The lowest BCUT2D eigenvalue weighted by Crippen LogP contribution is -2.14. The lowest BCUT2D eigenvalue weighted by Gasteiger charge is -2.09. The van der Waals surface area contributed by atoms with Gasteiger partial charge in [0.2, 0.25) is 0 Å². The van der Waals surface area contributed by atoms with Crippen molar-refractivity contribution in [3.8, 4) is 5.75 Å². The lowest BCUT2D eigenvalue weighted by molar-refractivity contribution is 0.102. The summed E-state index contributed by atoms with van der Waals surface area (Å²) in [6.45, 7) is 6.96. The largest absolute Gasteiger partial charge is 0.471 e. The third-order valence-electron chi connectivity index (χ3n) is 5.05. The van der Waals surface area contributed by atoms with Gasteiger partial charge in [0, 0.05) is 12.4 Å². The van der Waals surface area contributed by atoms with Crippen molar-refractivity contribution in [3.05, 3.63) is 95.1 Å². The molecule has 0 saturated heterocycles. The second kappa shape index (κ2) is 8.87. The average molecular weight is 415 g/mol. The maximum Gasteiger partial charge on any atom is 0.276 e. The molecule has 0 unspecified atom stereocenters. The van der Waals surface area contributed by atoms with Crippen LogP contribution in [0.1, 0.15) is 32.7 Å². The second-order valence-corrected chi connectivity index (χ2v) is 7.59. The third kappa shape index (κ3) is 5.01. The van der Waals surface area contributed by atoms with Crippen molar-refractivity contribution in [2.24, 2.45) is 0 Å². The van der Waals surface area contributed by atoms with Crippen LogP contribution in [0.3, 0.4) is 0 Å². The Labute approximate surface area is 181 Å². The maximum atomic E-state index is 12.6. The fourth-order valence-electron chi connectivity index (χ4n) is 3.22. The maximum absolute atomic E-state index is 12.6. The first-order chi connectivity index (χ1) is 15.0. The topological polar surface area (TPSA) is 74.0 Å². The van der Waals surface area contributed by atoms with E-state index in [1.807, 2.05) is 50.4 Å². The van der Waals surface area contributed by atoms with Gasteiger partial charge in [-0.2, -0.15) is 10.2 Å². The van der Waals surface area contributed by atoms with Crippen LogP contribution < -0.4 is 10.1 Å². The van der Waals surface area contributed by atoms with Crippen LogP contribution in [0.4, 0.5) is 5.69 Å². The molecule has 31 heavy (non-hydrogen) atoms. The third-order valence-corrected chi connectivity index (χ3v) is 5.05. The number of carbonyl (C=O) groups is 1. The van der Waals surface area contributed by atoms with Crippen molar-refractivity contribution >= 4 is 11.6 Å². The molecule has 4 aromatic rings. The van der Waals surface area contributed by atoms with E-state index >= 15 is 0 Å². The highest BCUT2D eigenvalue weighted by atomic mass is 16.5. The molecule has 0 bridgehead atoms. The zero-order chi connectivity index (χ0) is 21.8. The molecular weight excluding hydrogens is 390 g/mol. The lowest BCUT2D eigenvalue weighted by atomic mass is 10.1. The van der Waals surface area contributed by atoms with E-state index in [4.69, 9.17) is 4.74 Å². The van der Waals surface area contributed by atoms with Crippen molar-refractivity contribution in [2.75, 3.05) is 5.32 Å². The number of carbonyl (C=O) groups excluding carboxylic acids is 1. The van der Waals surface area contributed by atoms with Crippen molar-refractivity contribution in [1.82, 2.24) is 19.6 Å². The predicted molar refractivity (Wildman–Crippen MR) is 119 cm³/mol. The molecule has 1 amide bonds. The van der Waals surface area contributed by atoms with Gasteiger partial charge in [-0.25, -0.2) is 4.68 Å². The SMILES string of the molecule is Cc1ccc(C)c(OCn2ccc(C(=O)Nc3cnn(Cc4ccccc4C)c3)n2)c1. The average Bonchev–Trinajstić information content (AvgIpc) is 3.40. The summed E-state index contributed by atoms with van der Waals surface area (Å²) in [6.07, 6.45) is 5.17. The van der Waals surface area contributed by atoms with Gasteiger partial charge in [-0.05, 0) is 55.2 Å². The van der Waals surface area contributed by atoms with E-state index < -0.39 is 0 Å². The molecule has 7 nitrogen and oxygen atoms in total. The molecule has 1 N–H and O–H groups in total. The Bertz CT molecular complexity index is 1210. The fraction of sp³-hybridized carbons (Fsp3) is 0.208. The Morgan fingerprint density at radius 3 is 2.71 bits per heavy atom. The highest BCUT2D eigenvalue weighted by Crippen LogP contribution is 2.19. The molecule has 158 valence electrons. The van der Waals surface area contributed by atoms with Gasteiger partial charge in [-0.15, -0.1) is 0 Å². The van der Waals surface area contributed by atoms with E-state index in [1.54, 1.807) is 27.8 Å². The zero-order valence-corrected chi connectivity index (χ0v) is 17.9. The number of amides is 1. The number of ether oxygens (including phenoxy) is 1. The molecule has 0 aliphatic carbocycles. The number of hydrogen-bond donors (Lipinski definition) is 1. The van der Waals surface area contributed by atoms with E-state index in [0.717, 1.165) is 16.9 Å². The summed E-state index contributed by atoms with van der Waals surface area (Å²) >= 11 is 0. The van der Waals surface area contributed by atoms with E-state index in [0.29, 0.717) is 17.9 Å². The number of benzene rings is 2. The van der Waals surface area contributed by atoms with Crippen molar-refractivity contribution in [3.63, 3.8) is 0 Å². The second-order valence-electron chi connectivity index (χ2n) is 7.59. The summed E-state index contributed by atoms with van der Waals surface area (Å²) in [5.74, 6) is 0.517. The molecule has 0 saturated carbocycles. The first-order valence-electron chi connectivity index (χ1n) is 10.1. The summed E-state index contributed by atoms with van der Waals surface area (Å²) in [5, 5.41) is 11.5. The van der Waals surface area contributed by atoms with Crippen LogP contribution in [0.25, 0.3) is 0 Å². The monoisotopic (exact) mass is 415 g/mol. The predicted octanol–water partition coefficient (Wildman–Crippen LogP) is 4.34. The Morgan fingerprint density at radius 2 is 1.87 bits per heavy atom. The van der Waals surface area contributed by atoms with Crippen molar-refractivity contribution in [1.29, 1.82) is 0 Å². The quantitative estimate of drug-likeness (QED) is 0.487. The molecule has 0 aliphatic rings. The number of aromatic nitrogens is 4. The van der Waals surface area contributed by atoms with Gasteiger partial charge in [0.1, 0.15) is 5.75 Å². The number of aryl methyl sites for hydroxylation is 3. The molecule has 4 rings (SSSR count). The van der Waals surface area contributed by atoms with E-state index in [-0.39, 0.29) is 12.6 Å². The molecular formula is C24H25N5O2. The molecule has 0 aliphatic heterocycles. The molecule has 0 fully saturated rings. The van der Waals surface area contributed by atoms with Crippen LogP contribution in [0.5, 0.6) is 5.75 Å². The summed E-state index contributed by atoms with van der Waals surface area (Å²) in [5.41, 5.74) is 5.52. The van der Waals surface area contributed by atoms with Gasteiger partial charge in [-0.1, -0.05) is 36.4 Å². The van der Waals surface area contributed by atoms with Crippen molar-refractivity contribution < 1.29 is 9.53 Å². The van der Waals surface area contributed by atoms with Gasteiger partial charge < -0.3 is 10.1 Å². The number of nitrogens with one attached hydrogen (secondary N) is 1. The zero-order valence-electron chi connectivity index (χ0n) is 17.9. The number of rotatable bonds is 7. The van der Waals surface area contributed by atoms with Gasteiger partial charge >= 0.3 is 0 Å². The van der Waals surface area contributed by atoms with Gasteiger partial charge in [0.25, 0.3) is 5.91 Å². The normalized spacial score (nSPS) is 10.8. The van der Waals surface area contributed by atoms with Crippen LogP contribution in [0, 0.1) is 20.8 Å². The first kappa shape index (κ1) is 20.4. The molecule has 0 radical (unpaired) electrons. The van der Waals surface area contributed by atoms with E-state index in [9.17, 15) is 4.79 Å². The minimum absolute atomic E-state index is 0.228. The molecule has 2 aromatic heterocycles. The summed E-state index contributed by atoms with van der Waals surface area (Å²) in [6, 6.07) is 15.9. The number of hydrogen-bond acceptors (Lipinski definition) is 4. The molecule has 2 aromatic carbocycles. The first-order valence-corrected chi connectivity index (χ1v) is 10.1. The minimum atomic E-state index is -0.291. The molecule has 2 heterocycles. The highest BCUT2D eigenvalue weighted by Gasteiger charge is 2.12. The molecule has 0 spiro atoms. The summed E-state index contributed by atoms with van der Waals surface area (Å²) in [7, 11) is 0. The Kier molecular flexibility index (Phi) is 5.84. The van der Waals surface area contributed by atoms with Crippen molar-refractivity contribution in [2.45, 2.75) is 34.0 Å². The minimum Gasteiger partial charge on any atom is -0.471 e. The fourth-order valence-corrected chi connectivity index (χ4v) is 3.22. The van der Waals surface area contributed by atoms with Crippen LogP contribution in [-0.4, -0.2) is 25.5 Å². The highest BCUT2D eigenvalue weighted by molar-refractivity contribution is 6.02. The van der Waals surface area contributed by atoms with Gasteiger partial charge in [0.15, 0.2) is 12.4 Å². The Hall–Kier alpha value is -3.87. The Balaban J connectivity index is 1.35. The Morgan fingerprint density at radius 1 is 1.03 bits per heavy atom. The number of nitrogens with zero attached hydrogens (tertiary/aromatic N) is 4. The van der Waals surface area contributed by atoms with Crippen LogP contribution in [0.15, 0.2) is 67.1 Å². The van der Waals surface area contributed by atoms with Gasteiger partial charge in [-0.3, -0.25) is 9.48 Å². The van der Waals surface area contributed by atoms with Crippen LogP contribution in [-0.2, 0) is 13.3 Å².